The van der Waals surface area contributed by atoms with E-state index < -0.39 is 0 Å². The van der Waals surface area contributed by atoms with E-state index >= 15 is 0 Å². The number of halogens is 1. The van der Waals surface area contributed by atoms with Crippen molar-refractivity contribution in [2.75, 3.05) is 12.8 Å². The molecule has 0 saturated carbocycles. The second kappa shape index (κ2) is 4.58. The van der Waals surface area contributed by atoms with E-state index in [-0.39, 0.29) is 11.4 Å². The molecular weight excluding hydrogens is 261 g/mol. The highest BCUT2D eigenvalue weighted by atomic mass is 32.1. The Hall–Kier alpha value is -1.46. The third-order valence-corrected chi connectivity index (χ3v) is 4.83. The van der Waals surface area contributed by atoms with E-state index in [1.54, 1.807) is 12.1 Å². The average molecular weight is 277 g/mol. The topological polar surface area (TPSA) is 50.9 Å². The Morgan fingerprint density at radius 2 is 2.32 bits per heavy atom. The van der Waals surface area contributed by atoms with Gasteiger partial charge in [0.1, 0.15) is 5.82 Å². The molecule has 0 amide bonds. The van der Waals surface area contributed by atoms with Crippen LogP contribution in [0.3, 0.4) is 0 Å². The van der Waals surface area contributed by atoms with Crippen LogP contribution in [0.2, 0.25) is 0 Å². The van der Waals surface area contributed by atoms with E-state index in [1.165, 1.54) is 22.3 Å². The van der Waals surface area contributed by atoms with Gasteiger partial charge >= 0.3 is 0 Å². The second-order valence-corrected chi connectivity index (χ2v) is 6.06. The fraction of sp³-hybridized carbons (Fsp3) is 0.357. The molecule has 3 nitrogen and oxygen atoms in total. The lowest BCUT2D eigenvalue weighted by atomic mass is 9.78. The van der Waals surface area contributed by atoms with E-state index in [0.717, 1.165) is 30.5 Å². The van der Waals surface area contributed by atoms with Gasteiger partial charge in [-0.05, 0) is 37.6 Å². The van der Waals surface area contributed by atoms with Crippen molar-refractivity contribution in [3.05, 3.63) is 46.2 Å². The van der Waals surface area contributed by atoms with Crippen LogP contribution in [-0.2, 0) is 18.4 Å². The Balaban J connectivity index is 2.02. The summed E-state index contributed by atoms with van der Waals surface area (Å²) in [6, 6.07) is 6.84. The zero-order chi connectivity index (χ0) is 13.5. The minimum Gasteiger partial charge on any atom is -0.375 e. The number of fused-ring (bicyclic) bond motifs is 1. The van der Waals surface area contributed by atoms with Gasteiger partial charge in [0.05, 0.1) is 5.69 Å². The van der Waals surface area contributed by atoms with Gasteiger partial charge in [0.25, 0.3) is 0 Å². The van der Waals surface area contributed by atoms with Crippen molar-refractivity contribution < 1.29 is 4.39 Å². The summed E-state index contributed by atoms with van der Waals surface area (Å²) >= 11 is 1.54. The first kappa shape index (κ1) is 12.6. The lowest BCUT2D eigenvalue weighted by molar-refractivity contribution is 0.314. The summed E-state index contributed by atoms with van der Waals surface area (Å²) in [6.45, 7) is 0. The Morgan fingerprint density at radius 1 is 1.47 bits per heavy atom. The number of hydrogen-bond donors (Lipinski definition) is 2. The number of benzene rings is 1. The molecule has 1 aromatic heterocycles. The third-order valence-electron chi connectivity index (χ3n) is 3.90. The number of nitrogens with one attached hydrogen (secondary N) is 1. The molecule has 19 heavy (non-hydrogen) atoms. The molecule has 0 bridgehead atoms. The number of nitrogens with two attached hydrogens (primary N) is 1. The summed E-state index contributed by atoms with van der Waals surface area (Å²) in [5, 5.41) is 4.00. The molecule has 0 saturated heterocycles. The van der Waals surface area contributed by atoms with Crippen LogP contribution in [0.5, 0.6) is 0 Å². The van der Waals surface area contributed by atoms with Crippen molar-refractivity contribution in [3.8, 4) is 0 Å². The fourth-order valence-electron chi connectivity index (χ4n) is 2.82. The van der Waals surface area contributed by atoms with E-state index in [4.69, 9.17) is 5.73 Å². The number of nitrogens with zero attached hydrogens (tertiary/aromatic N) is 1. The molecule has 0 fully saturated rings. The standard InChI is InChI=1S/C14H16FN3S/c1-17-14(9-3-2-4-10(15)7-9)6-5-11-12(8-14)19-13(16)18-11/h2-4,7,17H,5-6,8H2,1H3,(H2,16,18). The maximum atomic E-state index is 13.5. The Kier molecular flexibility index (Phi) is 3.03. The van der Waals surface area contributed by atoms with Gasteiger partial charge in [-0.2, -0.15) is 0 Å². The Labute approximate surface area is 115 Å². The Morgan fingerprint density at radius 3 is 3.05 bits per heavy atom. The molecule has 5 heteroatoms. The molecule has 3 N–H and O–H groups in total. The quantitative estimate of drug-likeness (QED) is 0.886. The summed E-state index contributed by atoms with van der Waals surface area (Å²) in [5.41, 5.74) is 7.66. The Bertz CT molecular complexity index is 610. The van der Waals surface area contributed by atoms with Gasteiger partial charge in [-0.15, -0.1) is 11.3 Å². The molecule has 100 valence electrons. The zero-order valence-electron chi connectivity index (χ0n) is 10.7. The number of hydrogen-bond acceptors (Lipinski definition) is 4. The maximum absolute atomic E-state index is 13.5. The van der Waals surface area contributed by atoms with Crippen molar-refractivity contribution >= 4 is 16.5 Å². The number of rotatable bonds is 2. The maximum Gasteiger partial charge on any atom is 0.180 e. The molecule has 1 aliphatic rings. The van der Waals surface area contributed by atoms with Gasteiger partial charge in [0, 0.05) is 16.8 Å². The minimum atomic E-state index is -0.214. The highest BCUT2D eigenvalue weighted by Crippen LogP contribution is 2.39. The van der Waals surface area contributed by atoms with Gasteiger partial charge in [-0.1, -0.05) is 12.1 Å². The molecule has 1 heterocycles. The predicted molar refractivity (Wildman–Crippen MR) is 75.7 cm³/mol. The largest absolute Gasteiger partial charge is 0.375 e. The highest BCUT2D eigenvalue weighted by Gasteiger charge is 2.36. The molecule has 0 aliphatic heterocycles. The first-order valence-corrected chi connectivity index (χ1v) is 7.14. The lowest BCUT2D eigenvalue weighted by Gasteiger charge is -2.37. The van der Waals surface area contributed by atoms with Crippen LogP contribution in [0.1, 0.15) is 22.6 Å². The van der Waals surface area contributed by atoms with Crippen LogP contribution in [0.4, 0.5) is 9.52 Å². The van der Waals surface area contributed by atoms with Gasteiger partial charge < -0.3 is 11.1 Å². The van der Waals surface area contributed by atoms with Gasteiger partial charge in [0.15, 0.2) is 5.13 Å². The molecule has 2 aromatic rings. The van der Waals surface area contributed by atoms with E-state index in [1.807, 2.05) is 13.1 Å². The molecular formula is C14H16FN3S. The molecule has 1 aliphatic carbocycles. The van der Waals surface area contributed by atoms with Crippen LogP contribution in [0.15, 0.2) is 24.3 Å². The summed E-state index contributed by atoms with van der Waals surface area (Å²) in [6.07, 6.45) is 2.60. The van der Waals surface area contributed by atoms with Crippen LogP contribution >= 0.6 is 11.3 Å². The predicted octanol–water partition coefficient (Wildman–Crippen LogP) is 2.47. The third kappa shape index (κ3) is 2.13. The summed E-state index contributed by atoms with van der Waals surface area (Å²) in [4.78, 5) is 5.57. The zero-order valence-corrected chi connectivity index (χ0v) is 11.6. The first-order valence-electron chi connectivity index (χ1n) is 6.32. The molecule has 1 atom stereocenters. The summed E-state index contributed by atoms with van der Waals surface area (Å²) in [7, 11) is 1.93. The summed E-state index contributed by atoms with van der Waals surface area (Å²) in [5.74, 6) is -0.193. The number of aromatic nitrogens is 1. The van der Waals surface area contributed by atoms with Crippen LogP contribution in [0.25, 0.3) is 0 Å². The van der Waals surface area contributed by atoms with Crippen molar-refractivity contribution in [3.63, 3.8) is 0 Å². The van der Waals surface area contributed by atoms with Crippen molar-refractivity contribution in [1.29, 1.82) is 0 Å². The van der Waals surface area contributed by atoms with Crippen LogP contribution < -0.4 is 11.1 Å². The van der Waals surface area contributed by atoms with E-state index in [2.05, 4.69) is 10.3 Å². The van der Waals surface area contributed by atoms with Crippen LogP contribution in [-0.4, -0.2) is 12.0 Å². The number of aryl methyl sites for hydroxylation is 1. The SMILES string of the molecule is CNC1(c2cccc(F)c2)CCc2nc(N)sc2C1. The number of thiazole rings is 1. The number of nitrogen functional groups attached to an aromatic ring is 1. The fourth-order valence-corrected chi connectivity index (χ4v) is 3.81. The molecule has 0 radical (unpaired) electrons. The van der Waals surface area contributed by atoms with E-state index in [9.17, 15) is 4.39 Å². The van der Waals surface area contributed by atoms with Crippen molar-refractivity contribution in [2.24, 2.45) is 0 Å². The first-order chi connectivity index (χ1) is 9.13. The lowest BCUT2D eigenvalue weighted by Crippen LogP contribution is -2.44. The smallest absolute Gasteiger partial charge is 0.180 e. The minimum absolute atomic E-state index is 0.193. The molecule has 0 spiro atoms. The molecule has 3 rings (SSSR count). The normalized spacial score (nSPS) is 22.2. The van der Waals surface area contributed by atoms with Crippen molar-refractivity contribution in [2.45, 2.75) is 24.8 Å². The number of anilines is 1. The van der Waals surface area contributed by atoms with Crippen LogP contribution in [0, 0.1) is 5.82 Å². The van der Waals surface area contributed by atoms with Gasteiger partial charge in [-0.3, -0.25) is 0 Å². The van der Waals surface area contributed by atoms with Gasteiger partial charge in [0.2, 0.25) is 0 Å². The monoisotopic (exact) mass is 277 g/mol. The van der Waals surface area contributed by atoms with Gasteiger partial charge in [-0.25, -0.2) is 9.37 Å². The van der Waals surface area contributed by atoms with E-state index in [0.29, 0.717) is 5.13 Å². The molecule has 1 unspecified atom stereocenters. The van der Waals surface area contributed by atoms with Crippen molar-refractivity contribution in [1.82, 2.24) is 10.3 Å². The second-order valence-electron chi connectivity index (χ2n) is 4.94. The molecule has 1 aromatic carbocycles. The number of likely N-dealkylation sites (N-methyl/N-ethyl adjacent to an activating group) is 1. The highest BCUT2D eigenvalue weighted by molar-refractivity contribution is 7.15. The summed E-state index contributed by atoms with van der Waals surface area (Å²) < 4.78 is 13.5. The average Bonchev–Trinajstić information content (AvgIpc) is 2.77.